The van der Waals surface area contributed by atoms with Crippen LogP contribution < -0.4 is 5.73 Å². The molecule has 0 radical (unpaired) electrons. The van der Waals surface area contributed by atoms with Crippen molar-refractivity contribution in [2.45, 2.75) is 48.8 Å². The maximum atomic E-state index is 6.02. The lowest BCUT2D eigenvalue weighted by atomic mass is 9.88. The predicted molar refractivity (Wildman–Crippen MR) is 87.2 cm³/mol. The molecule has 110 valence electrons. The normalized spacial score (nSPS) is 30.4. The molecule has 0 aromatic heterocycles. The van der Waals surface area contributed by atoms with Gasteiger partial charge >= 0.3 is 0 Å². The topological polar surface area (TPSA) is 29.3 Å². The molecule has 0 bridgehead atoms. The van der Waals surface area contributed by atoms with Gasteiger partial charge in [0.2, 0.25) is 0 Å². The second-order valence-corrected chi connectivity index (χ2v) is 7.58. The van der Waals surface area contributed by atoms with E-state index in [1.807, 2.05) is 0 Å². The number of thioether (sulfide) groups is 1. The van der Waals surface area contributed by atoms with Crippen LogP contribution in [0, 0.1) is 5.92 Å². The van der Waals surface area contributed by atoms with E-state index in [0.717, 1.165) is 17.7 Å². The Labute approximate surface area is 127 Å². The van der Waals surface area contributed by atoms with Crippen molar-refractivity contribution in [3.05, 3.63) is 29.8 Å². The van der Waals surface area contributed by atoms with E-state index >= 15 is 0 Å². The van der Waals surface area contributed by atoms with Crippen LogP contribution in [-0.2, 0) is 6.42 Å². The van der Waals surface area contributed by atoms with Gasteiger partial charge in [0.1, 0.15) is 0 Å². The maximum Gasteiger partial charge on any atom is 0.0263 e. The number of nitrogens with zero attached hydrogens (tertiary/aromatic N) is 1. The summed E-state index contributed by atoms with van der Waals surface area (Å²) in [4.78, 5) is 4.15. The van der Waals surface area contributed by atoms with E-state index in [-0.39, 0.29) is 0 Å². The van der Waals surface area contributed by atoms with E-state index in [4.69, 9.17) is 5.73 Å². The summed E-state index contributed by atoms with van der Waals surface area (Å²) in [6.45, 7) is 5.59. The first-order valence-corrected chi connectivity index (χ1v) is 8.86. The Morgan fingerprint density at radius 1 is 1.35 bits per heavy atom. The number of rotatable bonds is 4. The van der Waals surface area contributed by atoms with Crippen LogP contribution in [0.1, 0.15) is 31.7 Å². The van der Waals surface area contributed by atoms with Crippen molar-refractivity contribution in [2.24, 2.45) is 11.7 Å². The molecule has 2 aliphatic heterocycles. The van der Waals surface area contributed by atoms with E-state index in [0.29, 0.717) is 6.04 Å². The summed E-state index contributed by atoms with van der Waals surface area (Å²) in [7, 11) is 0. The molecular weight excluding hydrogens is 264 g/mol. The lowest BCUT2D eigenvalue weighted by Crippen LogP contribution is -2.48. The highest BCUT2D eigenvalue weighted by Crippen LogP contribution is 2.38. The molecule has 3 unspecified atom stereocenters. The summed E-state index contributed by atoms with van der Waals surface area (Å²) in [5.74, 6) is 0.897. The Hall–Kier alpha value is -0.510. The van der Waals surface area contributed by atoms with E-state index in [2.05, 4.69) is 47.9 Å². The summed E-state index contributed by atoms with van der Waals surface area (Å²) in [5.41, 5.74) is 7.56. The molecule has 3 atom stereocenters. The predicted octanol–water partition coefficient (Wildman–Crippen LogP) is 3.15. The number of likely N-dealkylation sites (tertiary alicyclic amines) is 1. The zero-order valence-corrected chi connectivity index (χ0v) is 13.2. The number of hydrogen-bond donors (Lipinski definition) is 1. The molecule has 1 aromatic rings. The molecule has 2 heterocycles. The number of piperidine rings is 1. The van der Waals surface area contributed by atoms with Crippen LogP contribution in [0.2, 0.25) is 0 Å². The van der Waals surface area contributed by atoms with E-state index in [1.165, 1.54) is 49.2 Å². The quantitative estimate of drug-likeness (QED) is 0.923. The van der Waals surface area contributed by atoms with Crippen LogP contribution in [0.15, 0.2) is 29.2 Å². The Kier molecular flexibility index (Phi) is 4.69. The van der Waals surface area contributed by atoms with Gasteiger partial charge in [-0.15, -0.1) is 11.8 Å². The van der Waals surface area contributed by atoms with Gasteiger partial charge in [-0.05, 0) is 43.4 Å². The highest BCUT2D eigenvalue weighted by molar-refractivity contribution is 8.00. The van der Waals surface area contributed by atoms with Crippen LogP contribution >= 0.6 is 11.8 Å². The van der Waals surface area contributed by atoms with Gasteiger partial charge in [0.05, 0.1) is 0 Å². The van der Waals surface area contributed by atoms with Gasteiger partial charge in [0.15, 0.2) is 0 Å². The first kappa shape index (κ1) is 14.4. The molecular formula is C17H26N2S. The van der Waals surface area contributed by atoms with Gasteiger partial charge in [0, 0.05) is 29.3 Å². The third-order valence-electron chi connectivity index (χ3n) is 4.95. The molecule has 2 N–H and O–H groups in total. The zero-order chi connectivity index (χ0) is 13.9. The number of nitrogens with two attached hydrogens (primary N) is 1. The minimum atomic E-state index is 0.609. The van der Waals surface area contributed by atoms with Gasteiger partial charge in [-0.25, -0.2) is 0 Å². The van der Waals surface area contributed by atoms with E-state index < -0.39 is 0 Å². The summed E-state index contributed by atoms with van der Waals surface area (Å²) >= 11 is 2.07. The Balaban J connectivity index is 1.59. The first-order valence-electron chi connectivity index (χ1n) is 7.98. The largest absolute Gasteiger partial charge is 0.329 e. The molecule has 1 aromatic carbocycles. The molecule has 3 rings (SSSR count). The zero-order valence-electron chi connectivity index (χ0n) is 12.4. The van der Waals surface area contributed by atoms with Crippen LogP contribution in [-0.4, -0.2) is 35.8 Å². The van der Waals surface area contributed by atoms with Crippen molar-refractivity contribution >= 4 is 11.8 Å². The molecule has 2 aliphatic rings. The molecule has 20 heavy (non-hydrogen) atoms. The van der Waals surface area contributed by atoms with Gasteiger partial charge in [-0.1, -0.05) is 31.5 Å². The van der Waals surface area contributed by atoms with Crippen molar-refractivity contribution < 1.29 is 0 Å². The minimum Gasteiger partial charge on any atom is -0.329 e. The molecule has 0 amide bonds. The molecule has 3 heteroatoms. The number of fused-ring (bicyclic) bond motifs is 1. The van der Waals surface area contributed by atoms with Crippen molar-refractivity contribution in [1.29, 1.82) is 0 Å². The summed E-state index contributed by atoms with van der Waals surface area (Å²) < 4.78 is 0. The maximum absolute atomic E-state index is 6.02. The SMILES string of the molecule is CCC1CCN(CC2Cc3ccccc3S2)C(CN)C1. The Bertz CT molecular complexity index is 423. The monoisotopic (exact) mass is 290 g/mol. The summed E-state index contributed by atoms with van der Waals surface area (Å²) in [6.07, 6.45) is 5.20. The Morgan fingerprint density at radius 2 is 2.20 bits per heavy atom. The average Bonchev–Trinajstić information content (AvgIpc) is 2.90. The standard InChI is InChI=1S/C17H26N2S/c1-2-13-7-8-19(15(9-13)11-18)12-16-10-14-5-3-4-6-17(14)20-16/h3-6,13,15-16H,2,7-12,18H2,1H3. The lowest BCUT2D eigenvalue weighted by Gasteiger charge is -2.40. The fraction of sp³-hybridized carbons (Fsp3) is 0.647. The van der Waals surface area contributed by atoms with Gasteiger partial charge in [-0.2, -0.15) is 0 Å². The highest BCUT2D eigenvalue weighted by atomic mass is 32.2. The summed E-state index contributed by atoms with van der Waals surface area (Å²) in [5, 5.41) is 0.722. The second kappa shape index (κ2) is 6.50. The molecule has 0 saturated carbocycles. The smallest absolute Gasteiger partial charge is 0.0263 e. The van der Waals surface area contributed by atoms with Crippen molar-refractivity contribution in [1.82, 2.24) is 4.90 Å². The third kappa shape index (κ3) is 3.05. The first-order chi connectivity index (χ1) is 9.80. The number of hydrogen-bond acceptors (Lipinski definition) is 3. The second-order valence-electron chi connectivity index (χ2n) is 6.23. The van der Waals surface area contributed by atoms with Crippen molar-refractivity contribution in [2.75, 3.05) is 19.6 Å². The summed E-state index contributed by atoms with van der Waals surface area (Å²) in [6, 6.07) is 9.48. The molecule has 1 saturated heterocycles. The van der Waals surface area contributed by atoms with Crippen molar-refractivity contribution in [3.8, 4) is 0 Å². The van der Waals surface area contributed by atoms with Crippen LogP contribution in [0.5, 0.6) is 0 Å². The fourth-order valence-electron chi connectivity index (χ4n) is 3.66. The number of benzene rings is 1. The van der Waals surface area contributed by atoms with Crippen LogP contribution in [0.3, 0.4) is 0 Å². The van der Waals surface area contributed by atoms with Crippen LogP contribution in [0.4, 0.5) is 0 Å². The third-order valence-corrected chi connectivity index (χ3v) is 6.25. The average molecular weight is 290 g/mol. The molecule has 0 aliphatic carbocycles. The van der Waals surface area contributed by atoms with Crippen LogP contribution in [0.25, 0.3) is 0 Å². The van der Waals surface area contributed by atoms with E-state index in [1.54, 1.807) is 0 Å². The van der Waals surface area contributed by atoms with Crippen molar-refractivity contribution in [3.63, 3.8) is 0 Å². The fourth-order valence-corrected chi connectivity index (χ4v) is 5.00. The van der Waals surface area contributed by atoms with E-state index in [9.17, 15) is 0 Å². The van der Waals surface area contributed by atoms with Gasteiger partial charge in [0.25, 0.3) is 0 Å². The van der Waals surface area contributed by atoms with Gasteiger partial charge < -0.3 is 5.73 Å². The lowest BCUT2D eigenvalue weighted by molar-refractivity contribution is 0.115. The Morgan fingerprint density at radius 3 is 2.95 bits per heavy atom. The highest BCUT2D eigenvalue weighted by Gasteiger charge is 2.30. The molecule has 0 spiro atoms. The molecule has 1 fully saturated rings. The van der Waals surface area contributed by atoms with Gasteiger partial charge in [-0.3, -0.25) is 4.90 Å². The molecule has 2 nitrogen and oxygen atoms in total. The minimum absolute atomic E-state index is 0.609.